The highest BCUT2D eigenvalue weighted by Crippen LogP contribution is 2.51. The fourth-order valence-electron chi connectivity index (χ4n) is 4.63. The van der Waals surface area contributed by atoms with Gasteiger partial charge in [0.2, 0.25) is 0 Å². The molecular formula is C23H19NO2. The van der Waals surface area contributed by atoms with Crippen molar-refractivity contribution in [2.24, 2.45) is 5.92 Å². The van der Waals surface area contributed by atoms with E-state index in [2.05, 4.69) is 66.0 Å². The van der Waals surface area contributed by atoms with E-state index in [0.717, 1.165) is 17.7 Å². The molecule has 0 saturated heterocycles. The molecule has 0 amide bonds. The van der Waals surface area contributed by atoms with Gasteiger partial charge in [-0.1, -0.05) is 66.7 Å². The third kappa shape index (κ3) is 2.17. The Labute approximate surface area is 152 Å². The molecule has 3 heteroatoms. The zero-order chi connectivity index (χ0) is 17.7. The first-order valence-electron chi connectivity index (χ1n) is 9.01. The number of carboxylic acids is 1. The van der Waals surface area contributed by atoms with Crippen molar-refractivity contribution in [1.29, 1.82) is 0 Å². The van der Waals surface area contributed by atoms with Gasteiger partial charge in [0.1, 0.15) is 0 Å². The minimum Gasteiger partial charge on any atom is -0.478 e. The van der Waals surface area contributed by atoms with Crippen LogP contribution in [-0.2, 0) is 0 Å². The Morgan fingerprint density at radius 3 is 2.62 bits per heavy atom. The van der Waals surface area contributed by atoms with E-state index in [1.54, 1.807) is 6.07 Å². The van der Waals surface area contributed by atoms with Gasteiger partial charge in [-0.05, 0) is 40.3 Å². The summed E-state index contributed by atoms with van der Waals surface area (Å²) in [7, 11) is 0. The maximum Gasteiger partial charge on any atom is 0.337 e. The van der Waals surface area contributed by atoms with Gasteiger partial charge in [-0.25, -0.2) is 4.79 Å². The minimum atomic E-state index is -0.883. The Morgan fingerprint density at radius 1 is 0.962 bits per heavy atom. The van der Waals surface area contributed by atoms with Gasteiger partial charge in [-0.2, -0.15) is 0 Å². The molecule has 0 saturated carbocycles. The number of fused-ring (bicyclic) bond motifs is 4. The maximum absolute atomic E-state index is 11.8. The highest BCUT2D eigenvalue weighted by Gasteiger charge is 2.39. The zero-order valence-electron chi connectivity index (χ0n) is 14.2. The molecule has 0 unspecified atom stereocenters. The topological polar surface area (TPSA) is 49.3 Å². The van der Waals surface area contributed by atoms with Crippen molar-refractivity contribution < 1.29 is 9.90 Å². The summed E-state index contributed by atoms with van der Waals surface area (Å²) in [6.45, 7) is 0. The number of benzene rings is 3. The lowest BCUT2D eigenvalue weighted by molar-refractivity contribution is 0.0697. The van der Waals surface area contributed by atoms with Crippen molar-refractivity contribution in [2.45, 2.75) is 18.4 Å². The van der Waals surface area contributed by atoms with Crippen molar-refractivity contribution in [3.63, 3.8) is 0 Å². The molecule has 3 atom stereocenters. The van der Waals surface area contributed by atoms with Crippen molar-refractivity contribution in [3.05, 3.63) is 89.5 Å². The van der Waals surface area contributed by atoms with Gasteiger partial charge in [-0.15, -0.1) is 0 Å². The number of allylic oxidation sites excluding steroid dienone is 2. The van der Waals surface area contributed by atoms with Crippen LogP contribution in [0.15, 0.2) is 72.8 Å². The maximum atomic E-state index is 11.8. The Bertz CT molecular complexity index is 1050. The molecule has 1 heterocycles. The molecule has 1 aliphatic carbocycles. The van der Waals surface area contributed by atoms with Gasteiger partial charge in [0.15, 0.2) is 0 Å². The van der Waals surface area contributed by atoms with E-state index in [1.165, 1.54) is 16.3 Å². The molecule has 3 nitrogen and oxygen atoms in total. The molecule has 1 aliphatic heterocycles. The first kappa shape index (κ1) is 15.2. The lowest BCUT2D eigenvalue weighted by Crippen LogP contribution is -2.30. The third-order valence-electron chi connectivity index (χ3n) is 5.79. The van der Waals surface area contributed by atoms with E-state index in [4.69, 9.17) is 0 Å². The van der Waals surface area contributed by atoms with E-state index >= 15 is 0 Å². The molecule has 0 aromatic heterocycles. The van der Waals surface area contributed by atoms with Crippen LogP contribution < -0.4 is 5.32 Å². The van der Waals surface area contributed by atoms with Crippen LogP contribution in [-0.4, -0.2) is 11.1 Å². The van der Waals surface area contributed by atoms with Crippen LogP contribution >= 0.6 is 0 Å². The summed E-state index contributed by atoms with van der Waals surface area (Å²) in [4.78, 5) is 11.8. The van der Waals surface area contributed by atoms with Crippen molar-refractivity contribution in [1.82, 2.24) is 0 Å². The summed E-state index contributed by atoms with van der Waals surface area (Å²) < 4.78 is 0. The summed E-state index contributed by atoms with van der Waals surface area (Å²) in [5.74, 6) is -0.224. The number of hydrogen-bond donors (Lipinski definition) is 2. The fourth-order valence-corrected chi connectivity index (χ4v) is 4.63. The van der Waals surface area contributed by atoms with Gasteiger partial charge in [0.25, 0.3) is 0 Å². The summed E-state index contributed by atoms with van der Waals surface area (Å²) in [6, 6.07) is 20.5. The molecule has 0 spiro atoms. The first-order valence-corrected chi connectivity index (χ1v) is 9.01. The normalized spacial score (nSPS) is 23.3. The Kier molecular flexibility index (Phi) is 3.35. The number of carboxylic acid groups (broad SMARTS) is 1. The fraction of sp³-hybridized carbons (Fsp3) is 0.174. The van der Waals surface area contributed by atoms with Crippen LogP contribution in [0.2, 0.25) is 0 Å². The number of anilines is 1. The lowest BCUT2D eigenvalue weighted by Gasteiger charge is -2.38. The second-order valence-corrected chi connectivity index (χ2v) is 7.12. The molecular weight excluding hydrogens is 322 g/mol. The van der Waals surface area contributed by atoms with Gasteiger partial charge in [-0.3, -0.25) is 0 Å². The van der Waals surface area contributed by atoms with Gasteiger partial charge in [0.05, 0.1) is 17.3 Å². The Balaban J connectivity index is 1.71. The molecule has 26 heavy (non-hydrogen) atoms. The van der Waals surface area contributed by atoms with Crippen LogP contribution in [0.25, 0.3) is 10.8 Å². The summed E-state index contributed by atoms with van der Waals surface area (Å²) in [5, 5.41) is 15.7. The number of aromatic carboxylic acids is 1. The number of carbonyl (C=O) groups is 1. The number of hydrogen-bond acceptors (Lipinski definition) is 2. The summed E-state index contributed by atoms with van der Waals surface area (Å²) in [5.41, 5.74) is 3.46. The Morgan fingerprint density at radius 2 is 1.73 bits per heavy atom. The minimum absolute atomic E-state index is 0.0918. The van der Waals surface area contributed by atoms with Gasteiger partial charge < -0.3 is 10.4 Å². The average molecular weight is 341 g/mol. The molecule has 0 radical (unpaired) electrons. The third-order valence-corrected chi connectivity index (χ3v) is 5.79. The number of rotatable bonds is 2. The highest BCUT2D eigenvalue weighted by atomic mass is 16.4. The van der Waals surface area contributed by atoms with Crippen LogP contribution in [0.5, 0.6) is 0 Å². The van der Waals surface area contributed by atoms with E-state index in [-0.39, 0.29) is 12.0 Å². The first-order chi connectivity index (χ1) is 12.7. The summed E-state index contributed by atoms with van der Waals surface area (Å²) in [6.07, 6.45) is 5.48. The van der Waals surface area contributed by atoms with Crippen molar-refractivity contribution in [2.75, 3.05) is 5.32 Å². The van der Waals surface area contributed by atoms with Crippen LogP contribution in [0.1, 0.15) is 39.9 Å². The van der Waals surface area contributed by atoms with E-state index in [1.807, 2.05) is 6.07 Å². The smallest absolute Gasteiger partial charge is 0.337 e. The standard InChI is InChI=1S/C23H19NO2/c25-23(26)20-13-5-12-19-16-9-4-11-18(16)21(24-22(19)20)17-10-3-7-14-6-1-2-8-15(14)17/h1-10,12-13,16,18,21,24H,11H2,(H,25,26)/t16-,18-,21-/m0/s1. The molecule has 3 aromatic carbocycles. The molecule has 0 bridgehead atoms. The molecule has 5 rings (SSSR count). The van der Waals surface area contributed by atoms with Crippen LogP contribution in [0.3, 0.4) is 0 Å². The molecule has 2 N–H and O–H groups in total. The quantitative estimate of drug-likeness (QED) is 0.617. The second-order valence-electron chi connectivity index (χ2n) is 7.12. The van der Waals surface area contributed by atoms with Crippen molar-refractivity contribution >= 4 is 22.4 Å². The van der Waals surface area contributed by atoms with Gasteiger partial charge >= 0.3 is 5.97 Å². The monoisotopic (exact) mass is 341 g/mol. The Hall–Kier alpha value is -3.07. The van der Waals surface area contributed by atoms with Crippen molar-refractivity contribution in [3.8, 4) is 0 Å². The summed E-state index contributed by atoms with van der Waals surface area (Å²) >= 11 is 0. The van der Waals surface area contributed by atoms with Crippen LogP contribution in [0, 0.1) is 5.92 Å². The molecule has 0 fully saturated rings. The average Bonchev–Trinajstić information content (AvgIpc) is 3.16. The molecule has 2 aliphatic rings. The van der Waals surface area contributed by atoms with Gasteiger partial charge in [0, 0.05) is 5.92 Å². The van der Waals surface area contributed by atoms with E-state index in [0.29, 0.717) is 11.5 Å². The predicted octanol–water partition coefficient (Wildman–Crippen LogP) is 5.36. The molecule has 3 aromatic rings. The lowest BCUT2D eigenvalue weighted by atomic mass is 9.75. The van der Waals surface area contributed by atoms with E-state index in [9.17, 15) is 9.90 Å². The highest BCUT2D eigenvalue weighted by molar-refractivity contribution is 5.96. The largest absolute Gasteiger partial charge is 0.478 e. The SMILES string of the molecule is O=C(O)c1cccc2c1N[C@@H](c1cccc3ccccc13)[C@H]1CC=C[C@H]21. The predicted molar refractivity (Wildman–Crippen MR) is 104 cm³/mol. The van der Waals surface area contributed by atoms with Crippen LogP contribution in [0.4, 0.5) is 5.69 Å². The number of nitrogens with one attached hydrogen (secondary N) is 1. The number of para-hydroxylation sites is 1. The zero-order valence-corrected chi connectivity index (χ0v) is 14.2. The van der Waals surface area contributed by atoms with E-state index < -0.39 is 5.97 Å². The second kappa shape index (κ2) is 5.73. The molecule has 128 valence electrons.